The first-order valence-electron chi connectivity index (χ1n) is 12.0. The van der Waals surface area contributed by atoms with Crippen LogP contribution in [0.15, 0.2) is 36.7 Å². The van der Waals surface area contributed by atoms with Crippen LogP contribution in [0.1, 0.15) is 44.5 Å². The van der Waals surface area contributed by atoms with Crippen molar-refractivity contribution in [3.63, 3.8) is 0 Å². The lowest BCUT2D eigenvalue weighted by atomic mass is 9.83. The molecule has 0 radical (unpaired) electrons. The fourth-order valence-corrected chi connectivity index (χ4v) is 5.21. The van der Waals surface area contributed by atoms with Crippen LogP contribution < -0.4 is 10.6 Å². The van der Waals surface area contributed by atoms with Gasteiger partial charge in [0, 0.05) is 36.5 Å². The molecule has 0 saturated heterocycles. The van der Waals surface area contributed by atoms with E-state index in [1.165, 1.54) is 0 Å². The summed E-state index contributed by atoms with van der Waals surface area (Å²) in [5, 5.41) is 17.3. The van der Waals surface area contributed by atoms with E-state index in [0.29, 0.717) is 29.7 Å². The molecule has 0 bridgehead atoms. The first-order chi connectivity index (χ1) is 16.8. The summed E-state index contributed by atoms with van der Waals surface area (Å²) in [5.74, 6) is 0.431. The van der Waals surface area contributed by atoms with Gasteiger partial charge in [0.15, 0.2) is 8.32 Å². The second-order valence-electron chi connectivity index (χ2n) is 11.2. The van der Waals surface area contributed by atoms with E-state index < -0.39 is 8.32 Å². The van der Waals surface area contributed by atoms with Crippen LogP contribution >= 0.6 is 11.6 Å². The zero-order valence-corrected chi connectivity index (χ0v) is 23.7. The van der Waals surface area contributed by atoms with E-state index in [1.54, 1.807) is 18.5 Å². The number of hydrogen-bond donors (Lipinski definition) is 2. The highest BCUT2D eigenvalue weighted by atomic mass is 35.5. The molecule has 0 aliphatic carbocycles. The Balaban J connectivity index is 1.68. The van der Waals surface area contributed by atoms with Gasteiger partial charge in [0.25, 0.3) is 0 Å². The summed E-state index contributed by atoms with van der Waals surface area (Å²) in [6, 6.07) is 10.0. The van der Waals surface area contributed by atoms with E-state index in [-0.39, 0.29) is 10.5 Å². The number of halogens is 1. The van der Waals surface area contributed by atoms with E-state index in [4.69, 9.17) is 21.0 Å². The number of anilines is 3. The number of hydrogen-bond acceptors (Lipinski definition) is 7. The predicted molar refractivity (Wildman–Crippen MR) is 148 cm³/mol. The summed E-state index contributed by atoms with van der Waals surface area (Å²) < 4.78 is 6.63. The smallest absolute Gasteiger partial charge is 0.227 e. The molecule has 1 aliphatic heterocycles. The van der Waals surface area contributed by atoms with Crippen molar-refractivity contribution < 1.29 is 4.43 Å². The number of aromatic nitrogens is 3. The zero-order chi connectivity index (χ0) is 26.3. The fourth-order valence-electron chi connectivity index (χ4n) is 3.94. The van der Waals surface area contributed by atoms with Gasteiger partial charge in [-0.3, -0.25) is 4.98 Å². The maximum atomic E-state index is 9.94. The van der Waals surface area contributed by atoms with E-state index in [1.807, 2.05) is 19.1 Å². The zero-order valence-electron chi connectivity index (χ0n) is 22.0. The standard InChI is InChI=1S/C27H33ClN6OSi/c1-17-23(12-20(28)14-31-17)34-25-30-9-8-22(33-25)18-10-19(13-29)24-21(11-18)27(5,15-32-24)16-35-36(6,7)26(2,3)4/h8-12,14,32H,15-16H2,1-7H3,(H,30,33,34). The molecule has 36 heavy (non-hydrogen) atoms. The molecule has 9 heteroatoms. The second-order valence-corrected chi connectivity index (χ2v) is 16.4. The lowest BCUT2D eigenvalue weighted by Crippen LogP contribution is -2.45. The second kappa shape index (κ2) is 9.47. The minimum atomic E-state index is -1.93. The molecule has 1 aromatic carbocycles. The van der Waals surface area contributed by atoms with Gasteiger partial charge < -0.3 is 15.1 Å². The van der Waals surface area contributed by atoms with Crippen LogP contribution in [0.25, 0.3) is 11.3 Å². The van der Waals surface area contributed by atoms with Crippen LogP contribution in [-0.2, 0) is 9.84 Å². The fraction of sp³-hybridized carbons (Fsp3) is 0.407. The summed E-state index contributed by atoms with van der Waals surface area (Å²) in [6.07, 6.45) is 3.31. The van der Waals surface area contributed by atoms with Crippen molar-refractivity contribution in [3.8, 4) is 17.3 Å². The monoisotopic (exact) mass is 520 g/mol. The molecule has 2 aromatic heterocycles. The molecule has 3 heterocycles. The highest BCUT2D eigenvalue weighted by Crippen LogP contribution is 2.44. The van der Waals surface area contributed by atoms with Gasteiger partial charge >= 0.3 is 0 Å². The number of pyridine rings is 1. The SMILES string of the molecule is Cc1ncc(Cl)cc1Nc1nccc(-c2cc(C#N)c3c(c2)C(C)(CO[Si](C)(C)C(C)(C)C)CN3)n1. The molecule has 7 nitrogen and oxygen atoms in total. The molecular formula is C27H33ClN6OSi. The van der Waals surface area contributed by atoms with Gasteiger partial charge in [0.1, 0.15) is 6.07 Å². The van der Waals surface area contributed by atoms with Gasteiger partial charge in [-0.25, -0.2) is 9.97 Å². The normalized spacial score (nSPS) is 17.3. The highest BCUT2D eigenvalue weighted by molar-refractivity contribution is 6.74. The van der Waals surface area contributed by atoms with Crippen molar-refractivity contribution in [1.82, 2.24) is 15.0 Å². The Bertz CT molecular complexity index is 1350. The van der Waals surface area contributed by atoms with Gasteiger partial charge in [-0.2, -0.15) is 5.26 Å². The molecule has 1 atom stereocenters. The van der Waals surface area contributed by atoms with Crippen molar-refractivity contribution in [1.29, 1.82) is 5.26 Å². The van der Waals surface area contributed by atoms with Crippen molar-refractivity contribution in [2.75, 3.05) is 23.8 Å². The Morgan fingerprint density at radius 1 is 1.25 bits per heavy atom. The third kappa shape index (κ3) is 5.10. The van der Waals surface area contributed by atoms with E-state index in [2.05, 4.69) is 73.5 Å². The van der Waals surface area contributed by atoms with Crippen molar-refractivity contribution in [2.45, 2.75) is 58.2 Å². The van der Waals surface area contributed by atoms with Gasteiger partial charge in [-0.1, -0.05) is 39.3 Å². The molecule has 0 saturated carbocycles. The molecule has 0 spiro atoms. The average molecular weight is 521 g/mol. The van der Waals surface area contributed by atoms with Crippen molar-refractivity contribution in [2.24, 2.45) is 0 Å². The first-order valence-corrected chi connectivity index (χ1v) is 15.3. The summed E-state index contributed by atoms with van der Waals surface area (Å²) in [6.45, 7) is 16.7. The lowest BCUT2D eigenvalue weighted by Gasteiger charge is -2.39. The summed E-state index contributed by atoms with van der Waals surface area (Å²) >= 11 is 6.12. The van der Waals surface area contributed by atoms with Gasteiger partial charge in [0.2, 0.25) is 5.95 Å². The van der Waals surface area contributed by atoms with Crippen LogP contribution in [0.4, 0.5) is 17.3 Å². The predicted octanol–water partition coefficient (Wildman–Crippen LogP) is 6.82. The molecule has 1 aliphatic rings. The molecule has 3 aromatic rings. The minimum Gasteiger partial charge on any atom is -0.416 e. The Hall–Kier alpha value is -2.99. The molecular weight excluding hydrogens is 488 g/mol. The van der Waals surface area contributed by atoms with Crippen LogP contribution in [0.5, 0.6) is 0 Å². The third-order valence-corrected chi connectivity index (χ3v) is 12.1. The van der Waals surface area contributed by atoms with E-state index in [9.17, 15) is 5.26 Å². The Morgan fingerprint density at radius 3 is 2.69 bits per heavy atom. The van der Waals surface area contributed by atoms with Crippen LogP contribution in [0.2, 0.25) is 23.2 Å². The maximum absolute atomic E-state index is 9.94. The summed E-state index contributed by atoms with van der Waals surface area (Å²) in [5.41, 5.74) is 5.42. The lowest BCUT2D eigenvalue weighted by molar-refractivity contribution is 0.220. The Labute approximate surface area is 219 Å². The van der Waals surface area contributed by atoms with Crippen molar-refractivity contribution in [3.05, 3.63) is 58.5 Å². The first kappa shape index (κ1) is 26.1. The van der Waals surface area contributed by atoms with Gasteiger partial charge in [-0.15, -0.1) is 0 Å². The van der Waals surface area contributed by atoms with Crippen LogP contribution in [0.3, 0.4) is 0 Å². The number of nitrogens with one attached hydrogen (secondary N) is 2. The molecule has 188 valence electrons. The summed E-state index contributed by atoms with van der Waals surface area (Å²) in [4.78, 5) is 13.4. The van der Waals surface area contributed by atoms with Gasteiger partial charge in [-0.05, 0) is 54.9 Å². The van der Waals surface area contributed by atoms with Crippen LogP contribution in [-0.4, -0.2) is 36.4 Å². The Morgan fingerprint density at radius 2 is 2.00 bits per heavy atom. The molecule has 4 rings (SSSR count). The van der Waals surface area contributed by atoms with Crippen molar-refractivity contribution >= 4 is 37.2 Å². The number of nitriles is 1. The average Bonchev–Trinajstić information content (AvgIpc) is 3.16. The maximum Gasteiger partial charge on any atom is 0.227 e. The number of aryl methyl sites for hydroxylation is 1. The number of benzene rings is 1. The van der Waals surface area contributed by atoms with Gasteiger partial charge in [0.05, 0.1) is 33.3 Å². The molecule has 0 amide bonds. The minimum absolute atomic E-state index is 0.124. The number of nitrogens with zero attached hydrogens (tertiary/aromatic N) is 4. The van der Waals surface area contributed by atoms with E-state index >= 15 is 0 Å². The third-order valence-electron chi connectivity index (χ3n) is 7.37. The highest BCUT2D eigenvalue weighted by Gasteiger charge is 2.42. The number of rotatable bonds is 6. The topological polar surface area (TPSA) is 95.8 Å². The van der Waals surface area contributed by atoms with E-state index in [0.717, 1.165) is 33.9 Å². The molecule has 0 fully saturated rings. The molecule has 1 unspecified atom stereocenters. The molecule has 2 N–H and O–H groups in total. The Kier molecular flexibility index (Phi) is 6.86. The quantitative estimate of drug-likeness (QED) is 0.344. The van der Waals surface area contributed by atoms with Crippen LogP contribution in [0, 0.1) is 18.3 Å². The largest absolute Gasteiger partial charge is 0.416 e. The summed E-state index contributed by atoms with van der Waals surface area (Å²) in [7, 11) is -1.93. The number of fused-ring (bicyclic) bond motifs is 1.